The van der Waals surface area contributed by atoms with Gasteiger partial charge in [-0.05, 0) is 19.3 Å². The number of carbonyl (C=O) groups excluding carboxylic acids is 1. The molecular weight excluding hydrogens is 260 g/mol. The average Bonchev–Trinajstić information content (AvgIpc) is 2.94. The Morgan fingerprint density at radius 1 is 1.35 bits per heavy atom. The van der Waals surface area contributed by atoms with Gasteiger partial charge in [0, 0.05) is 25.5 Å². The summed E-state index contributed by atoms with van der Waals surface area (Å²) in [5.74, 6) is -1.00. The molecule has 0 fully saturated rings. The summed E-state index contributed by atoms with van der Waals surface area (Å²) in [5.41, 5.74) is -1.19. The predicted molar refractivity (Wildman–Crippen MR) is 74.3 cm³/mol. The van der Waals surface area contributed by atoms with Gasteiger partial charge < -0.3 is 20.3 Å². The predicted octanol–water partition coefficient (Wildman–Crippen LogP) is 1.22. The van der Waals surface area contributed by atoms with Crippen molar-refractivity contribution in [1.82, 2.24) is 20.2 Å². The molecule has 0 atom stereocenters. The lowest BCUT2D eigenvalue weighted by Crippen LogP contribution is -2.56. The van der Waals surface area contributed by atoms with Crippen LogP contribution in [-0.2, 0) is 11.3 Å². The zero-order chi connectivity index (χ0) is 15.0. The van der Waals surface area contributed by atoms with Gasteiger partial charge in [-0.1, -0.05) is 13.8 Å². The normalized spacial score (nSPS) is 11.1. The number of amides is 2. The van der Waals surface area contributed by atoms with E-state index in [0.29, 0.717) is 19.4 Å². The van der Waals surface area contributed by atoms with Crippen LogP contribution in [0.2, 0.25) is 0 Å². The lowest BCUT2D eigenvalue weighted by Gasteiger charge is -2.28. The molecule has 2 amide bonds. The van der Waals surface area contributed by atoms with Gasteiger partial charge in [0.1, 0.15) is 5.54 Å². The van der Waals surface area contributed by atoms with Gasteiger partial charge >= 0.3 is 12.0 Å². The summed E-state index contributed by atoms with van der Waals surface area (Å²) >= 11 is 0. The van der Waals surface area contributed by atoms with Crippen molar-refractivity contribution in [3.05, 3.63) is 18.7 Å². The molecule has 0 saturated carbocycles. The molecule has 0 aliphatic heterocycles. The zero-order valence-corrected chi connectivity index (χ0v) is 11.9. The molecular formula is C13H22N4O3. The molecule has 1 rings (SSSR count). The van der Waals surface area contributed by atoms with E-state index in [2.05, 4.69) is 15.6 Å². The number of rotatable bonds is 8. The Balaban J connectivity index is 2.33. The van der Waals surface area contributed by atoms with Crippen molar-refractivity contribution in [3.63, 3.8) is 0 Å². The molecule has 0 spiro atoms. The van der Waals surface area contributed by atoms with Crippen molar-refractivity contribution in [2.45, 2.75) is 45.2 Å². The van der Waals surface area contributed by atoms with E-state index in [-0.39, 0.29) is 0 Å². The van der Waals surface area contributed by atoms with Crippen LogP contribution in [0.5, 0.6) is 0 Å². The fraction of sp³-hybridized carbons (Fsp3) is 0.615. The Bertz CT molecular complexity index is 427. The quantitative estimate of drug-likeness (QED) is 0.624. The van der Waals surface area contributed by atoms with Gasteiger partial charge in [-0.15, -0.1) is 0 Å². The summed E-state index contributed by atoms with van der Waals surface area (Å²) in [6.07, 6.45) is 6.71. The molecule has 7 heteroatoms. The maximum atomic E-state index is 11.7. The van der Waals surface area contributed by atoms with Crippen LogP contribution in [0.15, 0.2) is 18.7 Å². The van der Waals surface area contributed by atoms with E-state index in [9.17, 15) is 14.7 Å². The van der Waals surface area contributed by atoms with Gasteiger partial charge in [0.05, 0.1) is 6.33 Å². The maximum Gasteiger partial charge on any atom is 0.329 e. The highest BCUT2D eigenvalue weighted by Gasteiger charge is 2.36. The van der Waals surface area contributed by atoms with Crippen LogP contribution in [0, 0.1) is 0 Å². The Labute approximate surface area is 118 Å². The first-order chi connectivity index (χ1) is 9.54. The van der Waals surface area contributed by atoms with Gasteiger partial charge in [-0.3, -0.25) is 0 Å². The molecule has 7 nitrogen and oxygen atoms in total. The molecule has 0 unspecified atom stereocenters. The first kappa shape index (κ1) is 16.0. The second kappa shape index (κ2) is 7.52. The lowest BCUT2D eigenvalue weighted by molar-refractivity contribution is -0.144. The van der Waals surface area contributed by atoms with Crippen molar-refractivity contribution in [2.75, 3.05) is 6.54 Å². The van der Waals surface area contributed by atoms with E-state index in [1.807, 2.05) is 10.8 Å². The Hall–Kier alpha value is -2.05. The van der Waals surface area contributed by atoms with E-state index in [4.69, 9.17) is 0 Å². The van der Waals surface area contributed by atoms with Crippen LogP contribution in [0.4, 0.5) is 4.79 Å². The Kier molecular flexibility index (Phi) is 6.02. The molecule has 0 bridgehead atoms. The van der Waals surface area contributed by atoms with Crippen LogP contribution >= 0.6 is 0 Å². The van der Waals surface area contributed by atoms with Crippen LogP contribution in [0.1, 0.15) is 33.1 Å². The van der Waals surface area contributed by atoms with Crippen molar-refractivity contribution in [2.24, 2.45) is 0 Å². The number of carbonyl (C=O) groups is 2. The number of imidazole rings is 1. The third kappa shape index (κ3) is 4.25. The van der Waals surface area contributed by atoms with Crippen molar-refractivity contribution in [3.8, 4) is 0 Å². The second-order valence-electron chi connectivity index (χ2n) is 4.63. The summed E-state index contributed by atoms with van der Waals surface area (Å²) in [4.78, 5) is 26.9. The molecule has 0 aromatic carbocycles. The molecule has 1 aromatic rings. The van der Waals surface area contributed by atoms with Gasteiger partial charge in [0.15, 0.2) is 0 Å². The Morgan fingerprint density at radius 2 is 2.05 bits per heavy atom. The Morgan fingerprint density at radius 3 is 2.55 bits per heavy atom. The minimum atomic E-state index is -1.19. The van der Waals surface area contributed by atoms with Gasteiger partial charge in [0.2, 0.25) is 0 Å². The number of carboxylic acids is 1. The third-order valence-electron chi connectivity index (χ3n) is 3.41. The summed E-state index contributed by atoms with van der Waals surface area (Å²) in [7, 11) is 0. The van der Waals surface area contributed by atoms with Crippen molar-refractivity contribution < 1.29 is 14.7 Å². The highest BCUT2D eigenvalue weighted by Crippen LogP contribution is 2.15. The fourth-order valence-electron chi connectivity index (χ4n) is 1.93. The molecule has 112 valence electrons. The molecule has 3 N–H and O–H groups in total. The third-order valence-corrected chi connectivity index (χ3v) is 3.41. The summed E-state index contributed by atoms with van der Waals surface area (Å²) < 4.78 is 1.92. The molecule has 0 radical (unpaired) electrons. The summed E-state index contributed by atoms with van der Waals surface area (Å²) in [6, 6.07) is -0.443. The highest BCUT2D eigenvalue weighted by atomic mass is 16.4. The number of hydrogen-bond acceptors (Lipinski definition) is 3. The number of hydrogen-bond donors (Lipinski definition) is 3. The smallest absolute Gasteiger partial charge is 0.329 e. The van der Waals surface area contributed by atoms with Crippen LogP contribution in [0.25, 0.3) is 0 Å². The van der Waals surface area contributed by atoms with Gasteiger partial charge in [-0.2, -0.15) is 0 Å². The monoisotopic (exact) mass is 282 g/mol. The van der Waals surface area contributed by atoms with E-state index in [1.54, 1.807) is 26.4 Å². The highest BCUT2D eigenvalue weighted by molar-refractivity contribution is 5.86. The van der Waals surface area contributed by atoms with Crippen molar-refractivity contribution in [1.29, 1.82) is 0 Å². The molecule has 0 aliphatic rings. The number of aryl methyl sites for hydroxylation is 1. The standard InChI is InChI=1S/C13H22N4O3/c1-3-13(4-2,11(18)19)16-12(20)15-6-5-8-17-9-7-14-10-17/h7,9-10H,3-6,8H2,1-2H3,(H,18,19)(H2,15,16,20). The number of aliphatic carboxylic acids is 1. The zero-order valence-electron chi connectivity index (χ0n) is 11.9. The second-order valence-corrected chi connectivity index (χ2v) is 4.63. The summed E-state index contributed by atoms with van der Waals surface area (Å²) in [5, 5.41) is 14.4. The topological polar surface area (TPSA) is 96.3 Å². The molecule has 1 aromatic heterocycles. The van der Waals surface area contributed by atoms with E-state index < -0.39 is 17.5 Å². The SMILES string of the molecule is CCC(CC)(NC(=O)NCCCn1ccnc1)C(=O)O. The number of urea groups is 1. The number of carboxylic acid groups (broad SMARTS) is 1. The molecule has 1 heterocycles. The molecule has 0 saturated heterocycles. The first-order valence-corrected chi connectivity index (χ1v) is 6.79. The minimum absolute atomic E-state index is 0.349. The van der Waals surface area contributed by atoms with E-state index in [1.165, 1.54) is 0 Å². The average molecular weight is 282 g/mol. The summed E-state index contributed by atoms with van der Waals surface area (Å²) in [6.45, 7) is 4.73. The number of aromatic nitrogens is 2. The molecule has 0 aliphatic carbocycles. The van der Waals surface area contributed by atoms with Crippen LogP contribution in [0.3, 0.4) is 0 Å². The number of nitrogens with zero attached hydrogens (tertiary/aromatic N) is 2. The first-order valence-electron chi connectivity index (χ1n) is 6.79. The van der Waals surface area contributed by atoms with Crippen LogP contribution < -0.4 is 10.6 Å². The van der Waals surface area contributed by atoms with Gasteiger partial charge in [0.25, 0.3) is 0 Å². The lowest BCUT2D eigenvalue weighted by atomic mass is 9.93. The number of nitrogens with one attached hydrogen (secondary N) is 2. The van der Waals surface area contributed by atoms with Gasteiger partial charge in [-0.25, -0.2) is 14.6 Å². The van der Waals surface area contributed by atoms with E-state index >= 15 is 0 Å². The largest absolute Gasteiger partial charge is 0.480 e. The maximum absolute atomic E-state index is 11.7. The fourth-order valence-corrected chi connectivity index (χ4v) is 1.93. The van der Waals surface area contributed by atoms with Crippen molar-refractivity contribution >= 4 is 12.0 Å². The van der Waals surface area contributed by atoms with E-state index in [0.717, 1.165) is 13.0 Å². The molecule has 20 heavy (non-hydrogen) atoms. The minimum Gasteiger partial charge on any atom is -0.480 e. The van der Waals surface area contributed by atoms with Crippen LogP contribution in [-0.4, -0.2) is 38.7 Å².